The number of benzene rings is 2. The Labute approximate surface area is 157 Å². The van der Waals surface area contributed by atoms with Gasteiger partial charge in [-0.25, -0.2) is 0 Å². The monoisotopic (exact) mass is 405 g/mol. The summed E-state index contributed by atoms with van der Waals surface area (Å²) >= 11 is 3.42. The third-order valence-corrected chi connectivity index (χ3v) is 4.00. The first kappa shape index (κ1) is 19.3. The van der Waals surface area contributed by atoms with Crippen molar-refractivity contribution in [3.8, 4) is 11.5 Å². The van der Waals surface area contributed by atoms with Gasteiger partial charge in [-0.2, -0.15) is 0 Å². The van der Waals surface area contributed by atoms with Crippen LogP contribution in [0.15, 0.2) is 46.9 Å². The summed E-state index contributed by atoms with van der Waals surface area (Å²) in [6.07, 6.45) is 2.93. The molecule has 0 aliphatic heterocycles. The van der Waals surface area contributed by atoms with E-state index in [-0.39, 0.29) is 5.91 Å². The van der Waals surface area contributed by atoms with Gasteiger partial charge < -0.3 is 14.8 Å². The number of nitrogens with one attached hydrogen (secondary N) is 1. The summed E-state index contributed by atoms with van der Waals surface area (Å²) in [4.78, 5) is 12.7. The first-order valence-electron chi connectivity index (χ1n) is 8.60. The molecule has 0 radical (unpaired) electrons. The van der Waals surface area contributed by atoms with E-state index in [1.807, 2.05) is 36.4 Å². The standard InChI is InChI=1S/C20H24BrNO3/c1-3-5-12-25-19-10-9-15(21)13-18(19)20(23)22-16-7-6-8-17(14-16)24-11-4-2/h6-10,13-14H,3-5,11-12H2,1-2H3,(H,22,23). The molecule has 0 aromatic heterocycles. The summed E-state index contributed by atoms with van der Waals surface area (Å²) < 4.78 is 12.2. The summed E-state index contributed by atoms with van der Waals surface area (Å²) in [5, 5.41) is 2.91. The average molecular weight is 406 g/mol. The van der Waals surface area contributed by atoms with Crippen LogP contribution in [0.1, 0.15) is 43.5 Å². The van der Waals surface area contributed by atoms with Crippen LogP contribution in [0.2, 0.25) is 0 Å². The highest BCUT2D eigenvalue weighted by Crippen LogP contribution is 2.25. The van der Waals surface area contributed by atoms with E-state index in [0.29, 0.717) is 30.2 Å². The Morgan fingerprint density at radius 3 is 2.64 bits per heavy atom. The SMILES string of the molecule is CCCCOc1ccc(Br)cc1C(=O)Nc1cccc(OCCC)c1. The predicted octanol–water partition coefficient (Wildman–Crippen LogP) is 5.67. The zero-order valence-corrected chi connectivity index (χ0v) is 16.3. The molecule has 134 valence electrons. The summed E-state index contributed by atoms with van der Waals surface area (Å²) in [6.45, 7) is 5.41. The zero-order chi connectivity index (χ0) is 18.1. The van der Waals surface area contributed by atoms with Crippen LogP contribution in [0.3, 0.4) is 0 Å². The Morgan fingerprint density at radius 2 is 1.88 bits per heavy atom. The number of hydrogen-bond donors (Lipinski definition) is 1. The van der Waals surface area contributed by atoms with E-state index < -0.39 is 0 Å². The van der Waals surface area contributed by atoms with Crippen LogP contribution in [0.25, 0.3) is 0 Å². The van der Waals surface area contributed by atoms with E-state index >= 15 is 0 Å². The fourth-order valence-corrected chi connectivity index (χ4v) is 2.58. The van der Waals surface area contributed by atoms with Crippen LogP contribution in [0.4, 0.5) is 5.69 Å². The van der Waals surface area contributed by atoms with Crippen LogP contribution in [-0.2, 0) is 0 Å². The third kappa shape index (κ3) is 6.09. The van der Waals surface area contributed by atoms with Crippen LogP contribution in [-0.4, -0.2) is 19.1 Å². The molecule has 0 atom stereocenters. The summed E-state index contributed by atoms with van der Waals surface area (Å²) in [5.41, 5.74) is 1.20. The van der Waals surface area contributed by atoms with Crippen LogP contribution in [0.5, 0.6) is 11.5 Å². The molecule has 0 saturated heterocycles. The fourth-order valence-electron chi connectivity index (χ4n) is 2.21. The van der Waals surface area contributed by atoms with E-state index in [4.69, 9.17) is 9.47 Å². The van der Waals surface area contributed by atoms with Gasteiger partial charge in [0, 0.05) is 16.2 Å². The summed E-state index contributed by atoms with van der Waals surface area (Å²) in [5.74, 6) is 1.13. The highest BCUT2D eigenvalue weighted by Gasteiger charge is 2.14. The minimum atomic E-state index is -0.208. The second-order valence-corrected chi connectivity index (χ2v) is 6.59. The lowest BCUT2D eigenvalue weighted by molar-refractivity contribution is 0.102. The van der Waals surface area contributed by atoms with Crippen molar-refractivity contribution in [3.05, 3.63) is 52.5 Å². The molecule has 4 nitrogen and oxygen atoms in total. The van der Waals surface area contributed by atoms with Crippen LogP contribution in [0, 0.1) is 0 Å². The van der Waals surface area contributed by atoms with Crippen molar-refractivity contribution in [2.45, 2.75) is 33.1 Å². The molecule has 2 aromatic carbocycles. The maximum atomic E-state index is 12.7. The number of halogens is 1. The maximum Gasteiger partial charge on any atom is 0.259 e. The maximum absolute atomic E-state index is 12.7. The number of ether oxygens (including phenoxy) is 2. The van der Waals surface area contributed by atoms with Crippen molar-refractivity contribution in [2.75, 3.05) is 18.5 Å². The zero-order valence-electron chi connectivity index (χ0n) is 14.7. The second kappa shape index (κ2) is 10.1. The number of rotatable bonds is 9. The molecule has 0 unspecified atom stereocenters. The first-order valence-corrected chi connectivity index (χ1v) is 9.40. The molecule has 1 amide bonds. The lowest BCUT2D eigenvalue weighted by Gasteiger charge is -2.13. The minimum absolute atomic E-state index is 0.208. The van der Waals surface area contributed by atoms with Gasteiger partial charge in [0.1, 0.15) is 11.5 Å². The van der Waals surface area contributed by atoms with Crippen molar-refractivity contribution in [1.82, 2.24) is 0 Å². The average Bonchev–Trinajstić information content (AvgIpc) is 2.61. The molecule has 0 aliphatic carbocycles. The Hall–Kier alpha value is -2.01. The molecule has 0 heterocycles. The second-order valence-electron chi connectivity index (χ2n) is 5.67. The third-order valence-electron chi connectivity index (χ3n) is 3.51. The normalized spacial score (nSPS) is 10.4. The van der Waals surface area contributed by atoms with E-state index in [0.717, 1.165) is 29.5 Å². The van der Waals surface area contributed by atoms with Crippen molar-refractivity contribution in [3.63, 3.8) is 0 Å². The Bertz CT molecular complexity index is 703. The molecule has 5 heteroatoms. The predicted molar refractivity (Wildman–Crippen MR) is 105 cm³/mol. The van der Waals surface area contributed by atoms with Crippen molar-refractivity contribution in [1.29, 1.82) is 0 Å². The molecule has 0 aliphatic rings. The van der Waals surface area contributed by atoms with Gasteiger partial charge in [0.05, 0.1) is 18.8 Å². The Kier molecular flexibility index (Phi) is 7.79. The molecule has 2 rings (SSSR count). The number of anilines is 1. The quantitative estimate of drug-likeness (QED) is 0.546. The van der Waals surface area contributed by atoms with Gasteiger partial charge in [-0.15, -0.1) is 0 Å². The van der Waals surface area contributed by atoms with Gasteiger partial charge in [-0.05, 0) is 43.2 Å². The van der Waals surface area contributed by atoms with Crippen LogP contribution >= 0.6 is 15.9 Å². The minimum Gasteiger partial charge on any atom is -0.494 e. The Balaban J connectivity index is 2.13. The van der Waals surface area contributed by atoms with Crippen molar-refractivity contribution >= 4 is 27.5 Å². The van der Waals surface area contributed by atoms with Crippen LogP contribution < -0.4 is 14.8 Å². The number of unbranched alkanes of at least 4 members (excludes halogenated alkanes) is 1. The van der Waals surface area contributed by atoms with Gasteiger partial charge >= 0.3 is 0 Å². The van der Waals surface area contributed by atoms with Gasteiger partial charge in [0.25, 0.3) is 5.91 Å². The number of amides is 1. The topological polar surface area (TPSA) is 47.6 Å². The van der Waals surface area contributed by atoms with Gasteiger partial charge in [0.2, 0.25) is 0 Å². The molecular formula is C20H24BrNO3. The fraction of sp³-hybridized carbons (Fsp3) is 0.350. The highest BCUT2D eigenvalue weighted by molar-refractivity contribution is 9.10. The number of carbonyl (C=O) groups is 1. The summed E-state index contributed by atoms with van der Waals surface area (Å²) in [7, 11) is 0. The van der Waals surface area contributed by atoms with Crippen molar-refractivity contribution in [2.24, 2.45) is 0 Å². The lowest BCUT2D eigenvalue weighted by Crippen LogP contribution is -2.14. The molecule has 0 fully saturated rings. The highest BCUT2D eigenvalue weighted by atomic mass is 79.9. The smallest absolute Gasteiger partial charge is 0.259 e. The molecule has 0 saturated carbocycles. The molecule has 2 aromatic rings. The van der Waals surface area contributed by atoms with E-state index in [2.05, 4.69) is 35.1 Å². The molecule has 25 heavy (non-hydrogen) atoms. The largest absolute Gasteiger partial charge is 0.494 e. The lowest BCUT2D eigenvalue weighted by atomic mass is 10.1. The van der Waals surface area contributed by atoms with Crippen molar-refractivity contribution < 1.29 is 14.3 Å². The Morgan fingerprint density at radius 1 is 1.04 bits per heavy atom. The van der Waals surface area contributed by atoms with Gasteiger partial charge in [-0.3, -0.25) is 4.79 Å². The van der Waals surface area contributed by atoms with E-state index in [1.54, 1.807) is 6.07 Å². The van der Waals surface area contributed by atoms with E-state index in [1.165, 1.54) is 0 Å². The molecular weight excluding hydrogens is 382 g/mol. The first-order chi connectivity index (χ1) is 12.1. The summed E-state index contributed by atoms with van der Waals surface area (Å²) in [6, 6.07) is 12.9. The number of carbonyl (C=O) groups excluding carboxylic acids is 1. The number of hydrogen-bond acceptors (Lipinski definition) is 3. The van der Waals surface area contributed by atoms with Gasteiger partial charge in [0.15, 0.2) is 0 Å². The molecule has 1 N–H and O–H groups in total. The molecule has 0 spiro atoms. The van der Waals surface area contributed by atoms with Gasteiger partial charge in [-0.1, -0.05) is 42.3 Å². The molecule has 0 bridgehead atoms. The van der Waals surface area contributed by atoms with E-state index in [9.17, 15) is 4.79 Å².